The van der Waals surface area contributed by atoms with Crippen LogP contribution in [-0.2, 0) is 6.42 Å². The number of rotatable bonds is 5. The lowest BCUT2D eigenvalue weighted by Gasteiger charge is -2.09. The molecule has 2 aromatic carbocycles. The highest BCUT2D eigenvalue weighted by molar-refractivity contribution is 9.10. The normalized spacial score (nSPS) is 11.4. The molecule has 0 bridgehead atoms. The van der Waals surface area contributed by atoms with Crippen molar-refractivity contribution in [3.05, 3.63) is 58.1 Å². The van der Waals surface area contributed by atoms with Crippen LogP contribution >= 0.6 is 15.9 Å². The Labute approximate surface area is 132 Å². The largest absolute Gasteiger partial charge is 0.457 e. The minimum atomic E-state index is 0.0531. The predicted octanol–water partition coefficient (Wildman–Crippen LogP) is 4.29. The smallest absolute Gasteiger partial charge is 0.171 e. The van der Waals surface area contributed by atoms with Gasteiger partial charge in [-0.1, -0.05) is 30.6 Å². The van der Waals surface area contributed by atoms with E-state index < -0.39 is 0 Å². The van der Waals surface area contributed by atoms with Gasteiger partial charge in [-0.15, -0.1) is 0 Å². The number of oxime groups is 1. The Morgan fingerprint density at radius 2 is 1.86 bits per heavy atom. The van der Waals surface area contributed by atoms with Gasteiger partial charge in [0.25, 0.3) is 0 Å². The topological polar surface area (TPSA) is 67.8 Å². The Balaban J connectivity index is 2.14. The van der Waals surface area contributed by atoms with Crippen molar-refractivity contribution in [2.75, 3.05) is 0 Å². The minimum Gasteiger partial charge on any atom is -0.457 e. The zero-order valence-corrected chi connectivity index (χ0v) is 13.3. The Morgan fingerprint density at radius 3 is 2.43 bits per heavy atom. The molecule has 21 heavy (non-hydrogen) atoms. The van der Waals surface area contributed by atoms with Crippen molar-refractivity contribution in [1.82, 2.24) is 0 Å². The second-order valence-corrected chi connectivity index (χ2v) is 5.48. The molecule has 0 aliphatic carbocycles. The summed E-state index contributed by atoms with van der Waals surface area (Å²) in [6.07, 6.45) is 2.20. The van der Waals surface area contributed by atoms with Crippen LogP contribution in [0.3, 0.4) is 0 Å². The standard InChI is InChI=1S/C16H17BrN2O2/c1-2-3-11-4-6-12(7-5-11)21-13-8-9-14(15(17)10-13)16(18)19-20/h4-10,20H,2-3H2,1H3,(H2,18,19). The van der Waals surface area contributed by atoms with Gasteiger partial charge in [-0.3, -0.25) is 0 Å². The molecule has 5 heteroatoms. The maximum atomic E-state index is 8.70. The van der Waals surface area contributed by atoms with E-state index in [9.17, 15) is 0 Å². The van der Waals surface area contributed by atoms with E-state index >= 15 is 0 Å². The molecule has 0 unspecified atom stereocenters. The van der Waals surface area contributed by atoms with Crippen LogP contribution in [0.5, 0.6) is 11.5 Å². The highest BCUT2D eigenvalue weighted by atomic mass is 79.9. The average Bonchev–Trinajstić information content (AvgIpc) is 2.49. The summed E-state index contributed by atoms with van der Waals surface area (Å²) >= 11 is 3.38. The van der Waals surface area contributed by atoms with E-state index in [1.165, 1.54) is 5.56 Å². The van der Waals surface area contributed by atoms with Gasteiger partial charge in [-0.2, -0.15) is 0 Å². The van der Waals surface area contributed by atoms with Crippen molar-refractivity contribution in [2.24, 2.45) is 10.9 Å². The van der Waals surface area contributed by atoms with Crippen LogP contribution in [0.4, 0.5) is 0 Å². The van der Waals surface area contributed by atoms with Crippen molar-refractivity contribution < 1.29 is 9.94 Å². The van der Waals surface area contributed by atoms with Crippen LogP contribution in [0.25, 0.3) is 0 Å². The fourth-order valence-corrected chi connectivity index (χ4v) is 2.53. The Kier molecular flexibility index (Phi) is 5.22. The predicted molar refractivity (Wildman–Crippen MR) is 87.2 cm³/mol. The molecule has 110 valence electrons. The van der Waals surface area contributed by atoms with Crippen molar-refractivity contribution in [3.8, 4) is 11.5 Å². The third-order valence-corrected chi connectivity index (χ3v) is 3.68. The molecular weight excluding hydrogens is 332 g/mol. The van der Waals surface area contributed by atoms with Gasteiger partial charge in [0.2, 0.25) is 0 Å². The van der Waals surface area contributed by atoms with Crippen LogP contribution in [-0.4, -0.2) is 11.0 Å². The van der Waals surface area contributed by atoms with Crippen LogP contribution in [0, 0.1) is 0 Å². The molecule has 2 rings (SSSR count). The first kappa shape index (κ1) is 15.4. The van der Waals surface area contributed by atoms with E-state index in [0.29, 0.717) is 15.8 Å². The summed E-state index contributed by atoms with van der Waals surface area (Å²) in [4.78, 5) is 0. The number of hydrogen-bond donors (Lipinski definition) is 2. The summed E-state index contributed by atoms with van der Waals surface area (Å²) in [7, 11) is 0. The van der Waals surface area contributed by atoms with Crippen LogP contribution < -0.4 is 10.5 Å². The van der Waals surface area contributed by atoms with E-state index in [1.807, 2.05) is 12.1 Å². The van der Waals surface area contributed by atoms with E-state index in [2.05, 4.69) is 40.1 Å². The first-order valence-corrected chi connectivity index (χ1v) is 7.47. The number of ether oxygens (including phenoxy) is 1. The molecule has 0 radical (unpaired) electrons. The highest BCUT2D eigenvalue weighted by Crippen LogP contribution is 2.27. The molecule has 0 fully saturated rings. The zero-order chi connectivity index (χ0) is 15.2. The summed E-state index contributed by atoms with van der Waals surface area (Å²) in [5.74, 6) is 1.51. The van der Waals surface area contributed by atoms with Crippen molar-refractivity contribution in [3.63, 3.8) is 0 Å². The van der Waals surface area contributed by atoms with Gasteiger partial charge in [-0.25, -0.2) is 0 Å². The third kappa shape index (κ3) is 3.98. The molecule has 0 aromatic heterocycles. The Morgan fingerprint density at radius 1 is 1.19 bits per heavy atom. The Hall–Kier alpha value is -2.01. The maximum Gasteiger partial charge on any atom is 0.171 e. The summed E-state index contributed by atoms with van der Waals surface area (Å²) in [5.41, 5.74) is 7.49. The van der Waals surface area contributed by atoms with E-state index in [1.54, 1.807) is 18.2 Å². The summed E-state index contributed by atoms with van der Waals surface area (Å²) < 4.78 is 6.49. The number of benzene rings is 2. The first-order valence-electron chi connectivity index (χ1n) is 6.68. The van der Waals surface area contributed by atoms with Crippen molar-refractivity contribution in [1.29, 1.82) is 0 Å². The monoisotopic (exact) mass is 348 g/mol. The molecule has 2 aromatic rings. The zero-order valence-electron chi connectivity index (χ0n) is 11.7. The number of halogens is 1. The summed E-state index contributed by atoms with van der Waals surface area (Å²) in [6.45, 7) is 2.16. The molecule has 0 aliphatic rings. The van der Waals surface area contributed by atoms with E-state index in [-0.39, 0.29) is 5.84 Å². The van der Waals surface area contributed by atoms with Gasteiger partial charge in [0.1, 0.15) is 11.5 Å². The fourth-order valence-electron chi connectivity index (χ4n) is 1.97. The minimum absolute atomic E-state index is 0.0531. The number of nitrogens with two attached hydrogens (primary N) is 1. The van der Waals surface area contributed by atoms with Gasteiger partial charge < -0.3 is 15.7 Å². The molecule has 0 spiro atoms. The molecule has 4 nitrogen and oxygen atoms in total. The molecular formula is C16H17BrN2O2. The maximum absolute atomic E-state index is 8.70. The number of amidine groups is 1. The second kappa shape index (κ2) is 7.13. The third-order valence-electron chi connectivity index (χ3n) is 3.02. The van der Waals surface area contributed by atoms with Gasteiger partial charge in [0.05, 0.1) is 0 Å². The van der Waals surface area contributed by atoms with E-state index in [0.717, 1.165) is 18.6 Å². The second-order valence-electron chi connectivity index (χ2n) is 4.62. The number of hydrogen-bond acceptors (Lipinski definition) is 3. The summed E-state index contributed by atoms with van der Waals surface area (Å²) in [6, 6.07) is 13.3. The highest BCUT2D eigenvalue weighted by Gasteiger charge is 2.07. The number of aryl methyl sites for hydroxylation is 1. The molecule has 3 N–H and O–H groups in total. The SMILES string of the molecule is CCCc1ccc(Oc2ccc(/C(N)=N/O)c(Br)c2)cc1. The lowest BCUT2D eigenvalue weighted by atomic mass is 10.1. The van der Waals surface area contributed by atoms with Crippen molar-refractivity contribution >= 4 is 21.8 Å². The number of nitrogens with zero attached hydrogens (tertiary/aromatic N) is 1. The first-order chi connectivity index (χ1) is 10.1. The molecule has 0 aliphatic heterocycles. The molecule has 0 saturated carbocycles. The van der Waals surface area contributed by atoms with Gasteiger partial charge >= 0.3 is 0 Å². The van der Waals surface area contributed by atoms with Crippen LogP contribution in [0.15, 0.2) is 52.1 Å². The van der Waals surface area contributed by atoms with Gasteiger partial charge in [0.15, 0.2) is 5.84 Å². The van der Waals surface area contributed by atoms with Gasteiger partial charge in [0, 0.05) is 10.0 Å². The molecule has 0 saturated heterocycles. The summed E-state index contributed by atoms with van der Waals surface area (Å²) in [5, 5.41) is 11.7. The lowest BCUT2D eigenvalue weighted by Crippen LogP contribution is -2.13. The molecule has 0 atom stereocenters. The van der Waals surface area contributed by atoms with E-state index in [4.69, 9.17) is 15.7 Å². The fraction of sp³-hybridized carbons (Fsp3) is 0.188. The van der Waals surface area contributed by atoms with Gasteiger partial charge in [-0.05, 0) is 58.2 Å². The van der Waals surface area contributed by atoms with Crippen LogP contribution in [0.2, 0.25) is 0 Å². The Bertz CT molecular complexity index is 639. The van der Waals surface area contributed by atoms with Crippen molar-refractivity contribution in [2.45, 2.75) is 19.8 Å². The lowest BCUT2D eigenvalue weighted by molar-refractivity contribution is 0.318. The average molecular weight is 349 g/mol. The molecule has 0 heterocycles. The van der Waals surface area contributed by atoms with Crippen LogP contribution in [0.1, 0.15) is 24.5 Å². The molecule has 0 amide bonds. The quantitative estimate of drug-likeness (QED) is 0.366.